The summed E-state index contributed by atoms with van der Waals surface area (Å²) in [5.74, 6) is 0.715. The number of nitrogens with zero attached hydrogens (tertiary/aromatic N) is 1. The van der Waals surface area contributed by atoms with Gasteiger partial charge in [0.25, 0.3) is 0 Å². The van der Waals surface area contributed by atoms with Gasteiger partial charge in [0.15, 0.2) is 12.6 Å². The summed E-state index contributed by atoms with van der Waals surface area (Å²) in [6.45, 7) is 4.98. The highest BCUT2D eigenvalue weighted by Gasteiger charge is 2.32. The minimum atomic E-state index is -4.40. The van der Waals surface area contributed by atoms with Crippen LogP contribution in [-0.2, 0) is 11.3 Å². The number of hydrogen-bond acceptors (Lipinski definition) is 4. The van der Waals surface area contributed by atoms with Crippen molar-refractivity contribution < 1.29 is 27.8 Å². The van der Waals surface area contributed by atoms with Gasteiger partial charge in [-0.15, -0.1) is 0 Å². The molecule has 0 aromatic heterocycles. The summed E-state index contributed by atoms with van der Waals surface area (Å²) in [4.78, 5) is 4.49. The second kappa shape index (κ2) is 10.7. The first kappa shape index (κ1) is 23.3. The predicted octanol–water partition coefficient (Wildman–Crippen LogP) is 2.78. The summed E-state index contributed by atoms with van der Waals surface area (Å²) in [7, 11) is 0. The van der Waals surface area contributed by atoms with Crippen LogP contribution in [0.4, 0.5) is 13.2 Å². The standard InChI is InChI=1S/C20H30F3N3O3/c1-3-24-18(26-12-19(13-27)6-8-28-9-7-19)25-11-16-5-4-15(2)10-17(16)29-14-20(21,22)23/h4-5,10,27H,3,6-9,11-14H2,1-2H3,(H2,24,25,26). The number of aryl methyl sites for hydroxylation is 1. The Morgan fingerprint density at radius 2 is 2.00 bits per heavy atom. The lowest BCUT2D eigenvalue weighted by molar-refractivity contribution is -0.153. The molecule has 3 N–H and O–H groups in total. The molecule has 164 valence electrons. The quantitative estimate of drug-likeness (QED) is 0.448. The van der Waals surface area contributed by atoms with Gasteiger partial charge in [-0.3, -0.25) is 0 Å². The van der Waals surface area contributed by atoms with Gasteiger partial charge in [-0.2, -0.15) is 13.2 Å². The SMILES string of the molecule is CCNC(=NCc1ccc(C)cc1OCC(F)(F)F)NCC1(CO)CCOCC1. The Kier molecular flexibility index (Phi) is 8.58. The largest absolute Gasteiger partial charge is 0.484 e. The molecule has 0 atom stereocenters. The second-order valence-electron chi connectivity index (χ2n) is 7.33. The molecule has 0 amide bonds. The Morgan fingerprint density at radius 1 is 1.28 bits per heavy atom. The molecule has 0 bridgehead atoms. The Morgan fingerprint density at radius 3 is 2.62 bits per heavy atom. The first-order valence-electron chi connectivity index (χ1n) is 9.77. The van der Waals surface area contributed by atoms with Gasteiger partial charge in [-0.05, 0) is 38.3 Å². The molecule has 1 aliphatic heterocycles. The number of benzene rings is 1. The Balaban J connectivity index is 2.07. The van der Waals surface area contributed by atoms with E-state index < -0.39 is 12.8 Å². The third-order valence-corrected chi connectivity index (χ3v) is 4.89. The van der Waals surface area contributed by atoms with Crippen molar-refractivity contribution in [2.75, 3.05) is 39.5 Å². The monoisotopic (exact) mass is 417 g/mol. The number of ether oxygens (including phenoxy) is 2. The van der Waals surface area contributed by atoms with Crippen LogP contribution >= 0.6 is 0 Å². The van der Waals surface area contributed by atoms with Gasteiger partial charge in [0.05, 0.1) is 13.2 Å². The second-order valence-corrected chi connectivity index (χ2v) is 7.33. The van der Waals surface area contributed by atoms with Gasteiger partial charge >= 0.3 is 6.18 Å². The fourth-order valence-electron chi connectivity index (χ4n) is 3.06. The lowest BCUT2D eigenvalue weighted by Crippen LogP contribution is -2.47. The molecule has 1 aliphatic rings. The molecule has 1 aromatic rings. The molecule has 1 fully saturated rings. The molecule has 1 saturated heterocycles. The van der Waals surface area contributed by atoms with Crippen LogP contribution < -0.4 is 15.4 Å². The first-order valence-corrected chi connectivity index (χ1v) is 9.77. The average Bonchev–Trinajstić information content (AvgIpc) is 2.69. The van der Waals surface area contributed by atoms with E-state index in [1.807, 2.05) is 13.0 Å². The van der Waals surface area contributed by atoms with Crippen molar-refractivity contribution in [1.82, 2.24) is 10.6 Å². The van der Waals surface area contributed by atoms with E-state index >= 15 is 0 Å². The van der Waals surface area contributed by atoms with Crippen LogP contribution in [0.1, 0.15) is 30.9 Å². The van der Waals surface area contributed by atoms with E-state index in [2.05, 4.69) is 15.6 Å². The highest BCUT2D eigenvalue weighted by Crippen LogP contribution is 2.29. The van der Waals surface area contributed by atoms with Crippen molar-refractivity contribution in [3.05, 3.63) is 29.3 Å². The summed E-state index contributed by atoms with van der Waals surface area (Å²) in [6.07, 6.45) is -2.89. The van der Waals surface area contributed by atoms with E-state index in [0.717, 1.165) is 18.4 Å². The molecular formula is C20H30F3N3O3. The third-order valence-electron chi connectivity index (χ3n) is 4.89. The number of halogens is 3. The van der Waals surface area contributed by atoms with Gasteiger partial charge in [0.2, 0.25) is 0 Å². The van der Waals surface area contributed by atoms with E-state index in [0.29, 0.717) is 37.8 Å². The van der Waals surface area contributed by atoms with Crippen LogP contribution in [0.15, 0.2) is 23.2 Å². The third kappa shape index (κ3) is 7.74. The van der Waals surface area contributed by atoms with Crippen molar-refractivity contribution in [3.8, 4) is 5.75 Å². The fourth-order valence-corrected chi connectivity index (χ4v) is 3.06. The van der Waals surface area contributed by atoms with Crippen LogP contribution in [0.2, 0.25) is 0 Å². The maximum absolute atomic E-state index is 12.5. The number of aliphatic hydroxyl groups is 1. The molecule has 0 saturated carbocycles. The molecule has 2 rings (SSSR count). The average molecular weight is 417 g/mol. The van der Waals surface area contributed by atoms with Crippen LogP contribution in [0, 0.1) is 12.3 Å². The molecule has 29 heavy (non-hydrogen) atoms. The van der Waals surface area contributed by atoms with Gasteiger partial charge in [0, 0.05) is 37.3 Å². The van der Waals surface area contributed by atoms with Gasteiger partial charge in [-0.1, -0.05) is 12.1 Å². The maximum atomic E-state index is 12.5. The Hall–Kier alpha value is -2.00. The summed E-state index contributed by atoms with van der Waals surface area (Å²) in [5, 5.41) is 16.2. The smallest absolute Gasteiger partial charge is 0.422 e. The predicted molar refractivity (Wildman–Crippen MR) is 105 cm³/mol. The zero-order valence-corrected chi connectivity index (χ0v) is 16.9. The lowest BCUT2D eigenvalue weighted by Gasteiger charge is -2.36. The van der Waals surface area contributed by atoms with Crippen molar-refractivity contribution in [2.45, 2.75) is 39.4 Å². The molecule has 0 spiro atoms. The highest BCUT2D eigenvalue weighted by molar-refractivity contribution is 5.79. The van der Waals surface area contributed by atoms with Crippen LogP contribution in [0.3, 0.4) is 0 Å². The lowest BCUT2D eigenvalue weighted by atomic mass is 9.81. The van der Waals surface area contributed by atoms with E-state index in [4.69, 9.17) is 9.47 Å². The van der Waals surface area contributed by atoms with Gasteiger partial charge < -0.3 is 25.2 Å². The van der Waals surface area contributed by atoms with E-state index in [1.165, 1.54) is 0 Å². The Labute approximate surface area is 169 Å². The summed E-state index contributed by atoms with van der Waals surface area (Å²) in [5.41, 5.74) is 1.11. The van der Waals surface area contributed by atoms with Crippen LogP contribution in [0.5, 0.6) is 5.75 Å². The maximum Gasteiger partial charge on any atom is 0.422 e. The van der Waals surface area contributed by atoms with Crippen LogP contribution in [0.25, 0.3) is 0 Å². The van der Waals surface area contributed by atoms with E-state index in [9.17, 15) is 18.3 Å². The molecule has 0 unspecified atom stereocenters. The summed E-state index contributed by atoms with van der Waals surface area (Å²) < 4.78 is 48.0. The van der Waals surface area contributed by atoms with Crippen molar-refractivity contribution in [1.29, 1.82) is 0 Å². The fraction of sp³-hybridized carbons (Fsp3) is 0.650. The van der Waals surface area contributed by atoms with Gasteiger partial charge in [0.1, 0.15) is 5.75 Å². The minimum Gasteiger partial charge on any atom is -0.484 e. The number of aliphatic imine (C=N–C) groups is 1. The molecular weight excluding hydrogens is 387 g/mol. The number of guanidine groups is 1. The molecule has 1 aromatic carbocycles. The zero-order valence-electron chi connectivity index (χ0n) is 16.9. The molecule has 9 heteroatoms. The molecule has 1 heterocycles. The van der Waals surface area contributed by atoms with Crippen molar-refractivity contribution in [2.24, 2.45) is 10.4 Å². The zero-order chi connectivity index (χ0) is 21.3. The number of aliphatic hydroxyl groups excluding tert-OH is 1. The Bertz CT molecular complexity index is 675. The number of alkyl halides is 3. The normalized spacial score (nSPS) is 17.1. The topological polar surface area (TPSA) is 75.1 Å². The van der Waals surface area contributed by atoms with Gasteiger partial charge in [-0.25, -0.2) is 4.99 Å². The number of rotatable bonds is 8. The van der Waals surface area contributed by atoms with E-state index in [-0.39, 0.29) is 24.3 Å². The summed E-state index contributed by atoms with van der Waals surface area (Å²) >= 11 is 0. The molecule has 0 radical (unpaired) electrons. The first-order chi connectivity index (χ1) is 13.8. The van der Waals surface area contributed by atoms with E-state index in [1.54, 1.807) is 19.1 Å². The minimum absolute atomic E-state index is 0.0517. The molecule has 6 nitrogen and oxygen atoms in total. The highest BCUT2D eigenvalue weighted by atomic mass is 19.4. The molecule has 0 aliphatic carbocycles. The summed E-state index contributed by atoms with van der Waals surface area (Å²) in [6, 6.07) is 5.12. The number of hydrogen-bond donors (Lipinski definition) is 3. The number of nitrogens with one attached hydrogen (secondary N) is 2. The van der Waals surface area contributed by atoms with Crippen molar-refractivity contribution >= 4 is 5.96 Å². The van der Waals surface area contributed by atoms with Crippen LogP contribution in [-0.4, -0.2) is 56.8 Å². The van der Waals surface area contributed by atoms with Crippen molar-refractivity contribution in [3.63, 3.8) is 0 Å².